The fourth-order valence-electron chi connectivity index (χ4n) is 3.84. The lowest BCUT2D eigenvalue weighted by Crippen LogP contribution is -2.26. The minimum Gasteiger partial charge on any atom is -0.352 e. The molecule has 0 saturated carbocycles. The molecule has 2 heterocycles. The highest BCUT2D eigenvalue weighted by atomic mass is 16.1. The predicted molar refractivity (Wildman–Crippen MR) is 130 cm³/mol. The Morgan fingerprint density at radius 2 is 1.76 bits per heavy atom. The van der Waals surface area contributed by atoms with Crippen LogP contribution in [-0.2, 0) is 13.0 Å². The number of carbonyl (C=O) groups excluding carboxylic acids is 1. The molecule has 4 aromatic rings. The van der Waals surface area contributed by atoms with Crippen LogP contribution in [0, 0.1) is 20.8 Å². The fourth-order valence-corrected chi connectivity index (χ4v) is 3.84. The van der Waals surface area contributed by atoms with Crippen LogP contribution in [0.15, 0.2) is 78.1 Å². The molecule has 2 aromatic carbocycles. The number of carbonyl (C=O) groups is 1. The Hall–Kier alpha value is -3.93. The van der Waals surface area contributed by atoms with Gasteiger partial charge in [-0.1, -0.05) is 29.8 Å². The molecule has 4 rings (SSSR count). The number of amides is 1. The minimum atomic E-state index is -0.134. The van der Waals surface area contributed by atoms with E-state index in [-0.39, 0.29) is 11.5 Å². The number of hydrogen-bond donors (Lipinski definition) is 1. The summed E-state index contributed by atoms with van der Waals surface area (Å²) in [4.78, 5) is 29.3. The van der Waals surface area contributed by atoms with Crippen LogP contribution in [0.3, 0.4) is 0 Å². The van der Waals surface area contributed by atoms with E-state index in [9.17, 15) is 9.59 Å². The molecule has 0 atom stereocenters. The molecule has 0 aliphatic heterocycles. The highest BCUT2D eigenvalue weighted by Crippen LogP contribution is 2.15. The summed E-state index contributed by atoms with van der Waals surface area (Å²) < 4.78 is 3.70. The number of nitrogens with zero attached hydrogens (tertiary/aromatic N) is 3. The number of aryl methyl sites for hydroxylation is 3. The molecule has 0 saturated heterocycles. The third-order valence-corrected chi connectivity index (χ3v) is 5.73. The zero-order valence-corrected chi connectivity index (χ0v) is 19.2. The average Bonchev–Trinajstić information content (AvgIpc) is 3.22. The lowest BCUT2D eigenvalue weighted by Gasteiger charge is -2.12. The summed E-state index contributed by atoms with van der Waals surface area (Å²) in [6.45, 7) is 7.13. The Labute approximate surface area is 193 Å². The highest BCUT2D eigenvalue weighted by Gasteiger charge is 2.10. The first-order valence-electron chi connectivity index (χ1n) is 11.0. The number of nitrogens with one attached hydrogen (secondary N) is 1. The largest absolute Gasteiger partial charge is 0.352 e. The van der Waals surface area contributed by atoms with Gasteiger partial charge < -0.3 is 9.88 Å². The SMILES string of the molecule is Cc1ccc(Cn2cncc2CCNC(=O)c2ccc(-n3ccc(C)cc3=O)c(C)c2)cc1. The Kier molecular flexibility index (Phi) is 6.54. The molecule has 1 N–H and O–H groups in total. The molecule has 6 nitrogen and oxygen atoms in total. The van der Waals surface area contributed by atoms with Crippen molar-refractivity contribution in [1.82, 2.24) is 19.4 Å². The van der Waals surface area contributed by atoms with Crippen LogP contribution >= 0.6 is 0 Å². The van der Waals surface area contributed by atoms with E-state index in [0.29, 0.717) is 18.5 Å². The molecular formula is C27H28N4O2. The van der Waals surface area contributed by atoms with Gasteiger partial charge in [0.25, 0.3) is 11.5 Å². The van der Waals surface area contributed by atoms with Crippen molar-refractivity contribution in [1.29, 1.82) is 0 Å². The molecular weight excluding hydrogens is 412 g/mol. The molecule has 0 radical (unpaired) electrons. The molecule has 33 heavy (non-hydrogen) atoms. The zero-order chi connectivity index (χ0) is 23.4. The van der Waals surface area contributed by atoms with E-state index < -0.39 is 0 Å². The zero-order valence-electron chi connectivity index (χ0n) is 19.2. The number of imidazole rings is 1. The van der Waals surface area contributed by atoms with Crippen LogP contribution in [0.25, 0.3) is 5.69 Å². The first kappa shape index (κ1) is 22.3. The monoisotopic (exact) mass is 440 g/mol. The molecule has 6 heteroatoms. The van der Waals surface area contributed by atoms with Crippen molar-refractivity contribution in [3.8, 4) is 5.69 Å². The Balaban J connectivity index is 1.38. The molecule has 168 valence electrons. The second-order valence-electron chi connectivity index (χ2n) is 8.42. The first-order valence-corrected chi connectivity index (χ1v) is 11.0. The highest BCUT2D eigenvalue weighted by molar-refractivity contribution is 5.94. The Morgan fingerprint density at radius 1 is 0.970 bits per heavy atom. The Morgan fingerprint density at radius 3 is 2.48 bits per heavy atom. The van der Waals surface area contributed by atoms with Crippen molar-refractivity contribution in [2.24, 2.45) is 0 Å². The maximum Gasteiger partial charge on any atom is 0.255 e. The van der Waals surface area contributed by atoms with Crippen molar-refractivity contribution >= 4 is 5.91 Å². The summed E-state index contributed by atoms with van der Waals surface area (Å²) >= 11 is 0. The standard InChI is InChI=1S/C27H28N4O2/c1-19-4-6-22(7-5-19)17-30-18-28-16-24(30)10-12-29-27(33)23-8-9-25(21(3)15-23)31-13-11-20(2)14-26(31)32/h4-9,11,13-16,18H,10,12,17H2,1-3H3,(H,29,33). The molecule has 0 aliphatic carbocycles. The van der Waals surface area contributed by atoms with Gasteiger partial charge in [0.2, 0.25) is 0 Å². The lowest BCUT2D eigenvalue weighted by atomic mass is 10.1. The number of benzene rings is 2. The minimum absolute atomic E-state index is 0.0856. The predicted octanol–water partition coefficient (Wildman–Crippen LogP) is 3.98. The summed E-state index contributed by atoms with van der Waals surface area (Å²) in [5, 5.41) is 2.99. The van der Waals surface area contributed by atoms with E-state index in [1.807, 2.05) is 44.6 Å². The van der Waals surface area contributed by atoms with Crippen LogP contribution in [-0.4, -0.2) is 26.6 Å². The summed E-state index contributed by atoms with van der Waals surface area (Å²) in [6, 6.07) is 17.3. The summed E-state index contributed by atoms with van der Waals surface area (Å²) in [5.74, 6) is -0.134. The van der Waals surface area contributed by atoms with Crippen LogP contribution in [0.5, 0.6) is 0 Å². The molecule has 0 unspecified atom stereocenters. The number of aromatic nitrogens is 3. The third-order valence-electron chi connectivity index (χ3n) is 5.73. The van der Waals surface area contributed by atoms with E-state index in [1.54, 1.807) is 22.9 Å². The van der Waals surface area contributed by atoms with Gasteiger partial charge in [-0.25, -0.2) is 4.98 Å². The van der Waals surface area contributed by atoms with Crippen molar-refractivity contribution in [3.63, 3.8) is 0 Å². The topological polar surface area (TPSA) is 68.9 Å². The maximum absolute atomic E-state index is 12.7. The van der Waals surface area contributed by atoms with Gasteiger partial charge in [0, 0.05) is 49.2 Å². The van der Waals surface area contributed by atoms with E-state index in [1.165, 1.54) is 11.1 Å². The Bertz CT molecular complexity index is 1330. The van der Waals surface area contributed by atoms with Crippen LogP contribution in [0.1, 0.15) is 38.3 Å². The number of rotatable bonds is 7. The van der Waals surface area contributed by atoms with Gasteiger partial charge in [0.1, 0.15) is 0 Å². The summed E-state index contributed by atoms with van der Waals surface area (Å²) in [5.41, 5.74) is 6.57. The van der Waals surface area contributed by atoms with Gasteiger partial charge >= 0.3 is 0 Å². The average molecular weight is 441 g/mol. The van der Waals surface area contributed by atoms with Gasteiger partial charge in [0.15, 0.2) is 0 Å². The van der Waals surface area contributed by atoms with Crippen molar-refractivity contribution in [2.75, 3.05) is 6.54 Å². The number of pyridine rings is 1. The molecule has 0 fully saturated rings. The summed E-state index contributed by atoms with van der Waals surface area (Å²) in [6.07, 6.45) is 6.12. The molecule has 1 amide bonds. The fraction of sp³-hybridized carbons (Fsp3) is 0.222. The molecule has 0 bridgehead atoms. The molecule has 2 aromatic heterocycles. The van der Waals surface area contributed by atoms with E-state index in [2.05, 4.69) is 46.1 Å². The summed E-state index contributed by atoms with van der Waals surface area (Å²) in [7, 11) is 0. The van der Waals surface area contributed by atoms with Gasteiger partial charge in [-0.2, -0.15) is 0 Å². The van der Waals surface area contributed by atoms with E-state index >= 15 is 0 Å². The normalized spacial score (nSPS) is 10.9. The van der Waals surface area contributed by atoms with Crippen molar-refractivity contribution < 1.29 is 4.79 Å². The van der Waals surface area contributed by atoms with Crippen molar-refractivity contribution in [3.05, 3.63) is 117 Å². The van der Waals surface area contributed by atoms with E-state index in [4.69, 9.17) is 0 Å². The third kappa shape index (κ3) is 5.29. The second-order valence-corrected chi connectivity index (χ2v) is 8.42. The van der Waals surface area contributed by atoms with Crippen LogP contribution in [0.4, 0.5) is 0 Å². The smallest absolute Gasteiger partial charge is 0.255 e. The molecule has 0 spiro atoms. The van der Waals surface area contributed by atoms with Crippen molar-refractivity contribution in [2.45, 2.75) is 33.7 Å². The van der Waals surface area contributed by atoms with E-state index in [0.717, 1.165) is 29.1 Å². The number of hydrogen-bond acceptors (Lipinski definition) is 3. The van der Waals surface area contributed by atoms with Gasteiger partial charge in [-0.05, 0) is 61.7 Å². The van der Waals surface area contributed by atoms with Gasteiger partial charge in [-0.15, -0.1) is 0 Å². The first-order chi connectivity index (χ1) is 15.9. The lowest BCUT2D eigenvalue weighted by molar-refractivity contribution is 0.0954. The maximum atomic E-state index is 12.7. The second kappa shape index (κ2) is 9.69. The van der Waals surface area contributed by atoms with Crippen LogP contribution < -0.4 is 10.9 Å². The van der Waals surface area contributed by atoms with Crippen LogP contribution in [0.2, 0.25) is 0 Å². The van der Waals surface area contributed by atoms with Gasteiger partial charge in [-0.3, -0.25) is 14.2 Å². The molecule has 0 aliphatic rings. The van der Waals surface area contributed by atoms with Gasteiger partial charge in [0.05, 0.1) is 12.0 Å². The quantitative estimate of drug-likeness (QED) is 0.473.